The van der Waals surface area contributed by atoms with Gasteiger partial charge in [0.25, 0.3) is 0 Å². The second kappa shape index (κ2) is 9.82. The summed E-state index contributed by atoms with van der Waals surface area (Å²) >= 11 is 5.64. The van der Waals surface area contributed by atoms with Crippen LogP contribution in [0.25, 0.3) is 0 Å². The zero-order valence-corrected chi connectivity index (χ0v) is 17.3. The molecular weight excluding hydrogens is 382 g/mol. The number of rotatable bonds is 7. The first-order chi connectivity index (χ1) is 13.0. The third-order valence-electron chi connectivity index (χ3n) is 5.17. The Morgan fingerprint density at radius 1 is 1.26 bits per heavy atom. The van der Waals surface area contributed by atoms with Crippen molar-refractivity contribution in [2.75, 3.05) is 50.9 Å². The van der Waals surface area contributed by atoms with Gasteiger partial charge in [-0.05, 0) is 30.6 Å². The third kappa shape index (κ3) is 6.41. The van der Waals surface area contributed by atoms with Gasteiger partial charge >= 0.3 is 0 Å². The molecule has 1 atom stereocenters. The van der Waals surface area contributed by atoms with E-state index in [1.165, 1.54) is 0 Å². The van der Waals surface area contributed by atoms with Crippen molar-refractivity contribution in [3.8, 4) is 0 Å². The fourth-order valence-corrected chi connectivity index (χ4v) is 5.68. The lowest BCUT2D eigenvalue weighted by atomic mass is 10.2. The topological polar surface area (TPSA) is 61.9 Å². The minimum absolute atomic E-state index is 0.0181. The number of hydrogen-bond acceptors (Lipinski definition) is 5. The van der Waals surface area contributed by atoms with Crippen molar-refractivity contribution in [1.82, 2.24) is 15.1 Å². The van der Waals surface area contributed by atoms with Crippen molar-refractivity contribution < 1.29 is 13.2 Å². The van der Waals surface area contributed by atoms with Gasteiger partial charge in [0.1, 0.15) is 0 Å². The van der Waals surface area contributed by atoms with Gasteiger partial charge in [-0.25, -0.2) is 8.42 Å². The number of nitrogens with zero attached hydrogens (tertiary/aromatic N) is 2. The molecule has 6 nitrogen and oxygen atoms in total. The van der Waals surface area contributed by atoms with Crippen LogP contribution in [0, 0.1) is 0 Å². The van der Waals surface area contributed by atoms with Gasteiger partial charge in [0.05, 0.1) is 24.7 Å². The third-order valence-corrected chi connectivity index (χ3v) is 7.30. The monoisotopic (exact) mass is 411 g/mol. The van der Waals surface area contributed by atoms with E-state index in [2.05, 4.69) is 27.2 Å². The first-order valence-electron chi connectivity index (χ1n) is 9.62. The number of thiocarbonyl (C=S) groups is 1. The van der Waals surface area contributed by atoms with E-state index in [1.54, 1.807) is 0 Å². The molecule has 2 aliphatic rings. The summed E-state index contributed by atoms with van der Waals surface area (Å²) in [5, 5.41) is 3.98. The molecule has 0 unspecified atom stereocenters. The summed E-state index contributed by atoms with van der Waals surface area (Å²) in [5.74, 6) is 0.469. The normalized spacial score (nSPS) is 22.4. The van der Waals surface area contributed by atoms with Crippen molar-refractivity contribution >= 4 is 27.2 Å². The first-order valence-corrected chi connectivity index (χ1v) is 11.9. The van der Waals surface area contributed by atoms with Crippen molar-refractivity contribution in [2.24, 2.45) is 0 Å². The number of morpholine rings is 1. The van der Waals surface area contributed by atoms with Gasteiger partial charge in [0.2, 0.25) is 0 Å². The van der Waals surface area contributed by atoms with Crippen LogP contribution in [0.15, 0.2) is 30.3 Å². The van der Waals surface area contributed by atoms with Gasteiger partial charge in [-0.3, -0.25) is 4.90 Å². The van der Waals surface area contributed by atoms with Crippen LogP contribution in [0.2, 0.25) is 0 Å². The lowest BCUT2D eigenvalue weighted by Crippen LogP contribution is -2.47. The Kier molecular flexibility index (Phi) is 7.46. The van der Waals surface area contributed by atoms with E-state index in [9.17, 15) is 8.42 Å². The van der Waals surface area contributed by atoms with Gasteiger partial charge in [-0.1, -0.05) is 30.3 Å². The Morgan fingerprint density at radius 2 is 2.00 bits per heavy atom. The van der Waals surface area contributed by atoms with Crippen LogP contribution in [0.1, 0.15) is 18.4 Å². The minimum Gasteiger partial charge on any atom is -0.379 e. The van der Waals surface area contributed by atoms with Crippen molar-refractivity contribution in [1.29, 1.82) is 0 Å². The SMILES string of the molecule is O=S1(=O)CC[C@@H](N(CCCN2CCOCC2)C(=S)NCc2ccccc2)C1. The van der Waals surface area contributed by atoms with Crippen LogP contribution in [-0.4, -0.2) is 80.3 Å². The van der Waals surface area contributed by atoms with E-state index in [1.807, 2.05) is 18.2 Å². The predicted octanol–water partition coefficient (Wildman–Crippen LogP) is 1.27. The molecular formula is C19H29N3O3S2. The Labute approximate surface area is 167 Å². The molecule has 2 heterocycles. The van der Waals surface area contributed by atoms with Gasteiger partial charge in [0, 0.05) is 38.8 Å². The highest BCUT2D eigenvalue weighted by Gasteiger charge is 2.33. The molecule has 2 saturated heterocycles. The maximum Gasteiger partial charge on any atom is 0.169 e. The minimum atomic E-state index is -2.94. The quantitative estimate of drug-likeness (QED) is 0.678. The summed E-state index contributed by atoms with van der Waals surface area (Å²) in [6.07, 6.45) is 1.62. The number of ether oxygens (including phenoxy) is 1. The number of hydrogen-bond donors (Lipinski definition) is 1. The smallest absolute Gasteiger partial charge is 0.169 e. The van der Waals surface area contributed by atoms with Crippen molar-refractivity contribution in [3.05, 3.63) is 35.9 Å². The molecule has 0 radical (unpaired) electrons. The van der Waals surface area contributed by atoms with Gasteiger partial charge in [0.15, 0.2) is 14.9 Å². The lowest BCUT2D eigenvalue weighted by molar-refractivity contribution is 0.0365. The van der Waals surface area contributed by atoms with Crippen LogP contribution in [0.5, 0.6) is 0 Å². The lowest BCUT2D eigenvalue weighted by Gasteiger charge is -2.33. The van der Waals surface area contributed by atoms with Crippen molar-refractivity contribution in [2.45, 2.75) is 25.4 Å². The van der Waals surface area contributed by atoms with Crippen molar-refractivity contribution in [3.63, 3.8) is 0 Å². The molecule has 2 aliphatic heterocycles. The Balaban J connectivity index is 1.55. The molecule has 0 aromatic heterocycles. The van der Waals surface area contributed by atoms with E-state index in [0.29, 0.717) is 18.1 Å². The maximum atomic E-state index is 12.0. The summed E-state index contributed by atoms with van der Waals surface area (Å²) in [7, 11) is -2.94. The number of benzene rings is 1. The maximum absolute atomic E-state index is 12.0. The molecule has 0 amide bonds. The Hall–Kier alpha value is -1.22. The second-order valence-electron chi connectivity index (χ2n) is 7.20. The first kappa shape index (κ1) is 20.5. The summed E-state index contributed by atoms with van der Waals surface area (Å²) in [6.45, 7) is 5.93. The Bertz CT molecular complexity index is 706. The van der Waals surface area contributed by atoms with E-state index in [0.717, 1.165) is 51.4 Å². The standard InChI is InChI=1S/C19H29N3O3S2/c23-27(24)14-7-18(16-27)22(9-4-8-21-10-12-25-13-11-21)19(26)20-15-17-5-2-1-3-6-17/h1-3,5-6,18H,4,7-16H2,(H,20,26)/t18-/m1/s1. The van der Waals surface area contributed by atoms with E-state index < -0.39 is 9.84 Å². The van der Waals surface area contributed by atoms with Gasteiger partial charge < -0.3 is 15.0 Å². The summed E-state index contributed by atoms with van der Waals surface area (Å²) in [4.78, 5) is 4.50. The molecule has 1 aromatic carbocycles. The molecule has 150 valence electrons. The van der Waals surface area contributed by atoms with Crippen LogP contribution in [0.3, 0.4) is 0 Å². The molecule has 0 bridgehead atoms. The summed E-state index contributed by atoms with van der Waals surface area (Å²) in [6, 6.07) is 10.1. The highest BCUT2D eigenvalue weighted by Crippen LogP contribution is 2.19. The fourth-order valence-electron chi connectivity index (χ4n) is 3.64. The fraction of sp³-hybridized carbons (Fsp3) is 0.632. The predicted molar refractivity (Wildman–Crippen MR) is 112 cm³/mol. The van der Waals surface area contributed by atoms with E-state index in [-0.39, 0.29) is 17.5 Å². The zero-order valence-electron chi connectivity index (χ0n) is 15.7. The van der Waals surface area contributed by atoms with Crippen LogP contribution in [0.4, 0.5) is 0 Å². The molecule has 0 spiro atoms. The number of nitrogens with one attached hydrogen (secondary N) is 1. The summed E-state index contributed by atoms with van der Waals surface area (Å²) < 4.78 is 29.3. The molecule has 0 aliphatic carbocycles. The molecule has 0 saturated carbocycles. The number of sulfone groups is 1. The van der Waals surface area contributed by atoms with E-state index in [4.69, 9.17) is 17.0 Å². The van der Waals surface area contributed by atoms with Gasteiger partial charge in [-0.2, -0.15) is 0 Å². The molecule has 8 heteroatoms. The average Bonchev–Trinajstić information content (AvgIpc) is 3.04. The zero-order chi connectivity index (χ0) is 19.1. The Morgan fingerprint density at radius 3 is 2.67 bits per heavy atom. The molecule has 3 rings (SSSR count). The van der Waals surface area contributed by atoms with Crippen LogP contribution in [-0.2, 0) is 21.1 Å². The highest BCUT2D eigenvalue weighted by molar-refractivity contribution is 7.91. The molecule has 1 aromatic rings. The largest absolute Gasteiger partial charge is 0.379 e. The molecule has 27 heavy (non-hydrogen) atoms. The van der Waals surface area contributed by atoms with Gasteiger partial charge in [-0.15, -0.1) is 0 Å². The highest BCUT2D eigenvalue weighted by atomic mass is 32.2. The average molecular weight is 412 g/mol. The van der Waals surface area contributed by atoms with Crippen LogP contribution >= 0.6 is 12.2 Å². The van der Waals surface area contributed by atoms with Crippen LogP contribution < -0.4 is 5.32 Å². The molecule has 2 fully saturated rings. The second-order valence-corrected chi connectivity index (χ2v) is 9.82. The van der Waals surface area contributed by atoms with E-state index >= 15 is 0 Å². The summed E-state index contributed by atoms with van der Waals surface area (Å²) in [5.41, 5.74) is 1.16. The molecule has 1 N–H and O–H groups in total.